The lowest BCUT2D eigenvalue weighted by atomic mass is 10.0. The molecule has 1 N–H and O–H groups in total. The first-order valence-electron chi connectivity index (χ1n) is 13.3. The van der Waals surface area contributed by atoms with Crippen LogP contribution in [0.15, 0.2) is 91.0 Å². The Morgan fingerprint density at radius 3 is 1.84 bits per heavy atom. The highest BCUT2D eigenvalue weighted by molar-refractivity contribution is 5.58. The number of aryl methyl sites for hydroxylation is 2. The average Bonchev–Trinajstić information content (AvgIpc) is 2.92. The van der Waals surface area contributed by atoms with Crippen molar-refractivity contribution in [2.45, 2.75) is 58.8 Å². The van der Waals surface area contributed by atoms with Crippen LogP contribution in [-0.4, -0.2) is 5.11 Å². The summed E-state index contributed by atoms with van der Waals surface area (Å²) in [6.45, 7) is 4.35. The standard InChI is InChI=1S/C33H36O4/c1-3-5-9-15-26-21-23-30(36-28-18-12-8-13-19-28)33(32(26)34)37-31-24-29(22-20-25(31)14-6-4-2)35-27-16-10-7-11-17-27/h7-8,10-13,16-24,34H,3-6,9,14-15H2,1-2H3. The van der Waals surface area contributed by atoms with Crippen LogP contribution >= 0.6 is 0 Å². The van der Waals surface area contributed by atoms with Crippen molar-refractivity contribution < 1.29 is 19.3 Å². The van der Waals surface area contributed by atoms with Gasteiger partial charge in [-0.3, -0.25) is 0 Å². The molecule has 192 valence electrons. The minimum absolute atomic E-state index is 0.125. The second-order valence-corrected chi connectivity index (χ2v) is 9.16. The molecule has 0 fully saturated rings. The van der Waals surface area contributed by atoms with Gasteiger partial charge in [0.1, 0.15) is 23.0 Å². The van der Waals surface area contributed by atoms with Gasteiger partial charge in [0.2, 0.25) is 5.75 Å². The lowest BCUT2D eigenvalue weighted by molar-refractivity contribution is 0.374. The van der Waals surface area contributed by atoms with Crippen LogP contribution in [0.4, 0.5) is 0 Å². The predicted octanol–water partition coefficient (Wildman–Crippen LogP) is 9.84. The number of aromatic hydroxyl groups is 1. The average molecular weight is 497 g/mol. The van der Waals surface area contributed by atoms with E-state index in [9.17, 15) is 5.11 Å². The van der Waals surface area contributed by atoms with Gasteiger partial charge in [-0.25, -0.2) is 0 Å². The summed E-state index contributed by atoms with van der Waals surface area (Å²) in [5.41, 5.74) is 1.92. The van der Waals surface area contributed by atoms with Crippen molar-refractivity contribution >= 4 is 0 Å². The minimum atomic E-state index is 0.125. The van der Waals surface area contributed by atoms with Crippen LogP contribution in [-0.2, 0) is 12.8 Å². The Balaban J connectivity index is 1.71. The van der Waals surface area contributed by atoms with Crippen molar-refractivity contribution in [1.82, 2.24) is 0 Å². The van der Waals surface area contributed by atoms with Crippen LogP contribution in [0.1, 0.15) is 57.1 Å². The molecule has 0 atom stereocenters. The Kier molecular flexibility index (Phi) is 9.47. The maximum absolute atomic E-state index is 11.3. The summed E-state index contributed by atoms with van der Waals surface area (Å²) in [5, 5.41) is 11.3. The summed E-state index contributed by atoms with van der Waals surface area (Å²) in [4.78, 5) is 0. The van der Waals surface area contributed by atoms with Crippen LogP contribution in [0.5, 0.6) is 40.2 Å². The number of unbranched alkanes of at least 4 members (excludes halogenated alkanes) is 3. The summed E-state index contributed by atoms with van der Waals surface area (Å²) >= 11 is 0. The second kappa shape index (κ2) is 13.4. The molecule has 0 heterocycles. The van der Waals surface area contributed by atoms with E-state index < -0.39 is 0 Å². The second-order valence-electron chi connectivity index (χ2n) is 9.16. The lowest BCUT2D eigenvalue weighted by Gasteiger charge is -2.19. The Hall–Kier alpha value is -3.92. The molecule has 4 nitrogen and oxygen atoms in total. The molecule has 0 amide bonds. The van der Waals surface area contributed by atoms with Crippen molar-refractivity contribution in [3.63, 3.8) is 0 Å². The fraction of sp³-hybridized carbons (Fsp3) is 0.273. The molecule has 37 heavy (non-hydrogen) atoms. The van der Waals surface area contributed by atoms with Gasteiger partial charge in [-0.2, -0.15) is 0 Å². The molecule has 0 unspecified atom stereocenters. The van der Waals surface area contributed by atoms with Gasteiger partial charge in [0.15, 0.2) is 11.5 Å². The lowest BCUT2D eigenvalue weighted by Crippen LogP contribution is -1.98. The quantitative estimate of drug-likeness (QED) is 0.187. The van der Waals surface area contributed by atoms with Crippen molar-refractivity contribution in [3.05, 3.63) is 102 Å². The number of phenolic OH excluding ortho intramolecular Hbond substituents is 1. The highest BCUT2D eigenvalue weighted by Crippen LogP contribution is 2.45. The molecule has 0 spiro atoms. The van der Waals surface area contributed by atoms with Gasteiger partial charge in [0, 0.05) is 6.07 Å². The third-order valence-electron chi connectivity index (χ3n) is 6.23. The van der Waals surface area contributed by atoms with Crippen LogP contribution < -0.4 is 14.2 Å². The maximum Gasteiger partial charge on any atom is 0.211 e. The molecule has 0 bridgehead atoms. The number of hydrogen-bond donors (Lipinski definition) is 1. The van der Waals surface area contributed by atoms with E-state index in [0.29, 0.717) is 28.7 Å². The first kappa shape index (κ1) is 26.2. The predicted molar refractivity (Wildman–Crippen MR) is 149 cm³/mol. The van der Waals surface area contributed by atoms with Crippen molar-refractivity contribution in [2.75, 3.05) is 0 Å². The molecule has 0 saturated heterocycles. The summed E-state index contributed by atoms with van der Waals surface area (Å²) in [6, 6.07) is 29.0. The normalized spacial score (nSPS) is 10.8. The Labute approximate surface area is 220 Å². The number of benzene rings is 4. The van der Waals surface area contributed by atoms with Crippen molar-refractivity contribution in [1.29, 1.82) is 0 Å². The fourth-order valence-corrected chi connectivity index (χ4v) is 4.16. The molecule has 4 heteroatoms. The van der Waals surface area contributed by atoms with Crippen LogP contribution in [0.2, 0.25) is 0 Å². The molecular weight excluding hydrogens is 460 g/mol. The molecule has 0 aliphatic heterocycles. The van der Waals surface area contributed by atoms with Gasteiger partial charge in [-0.05, 0) is 73.2 Å². The Bertz CT molecular complexity index is 1250. The zero-order valence-electron chi connectivity index (χ0n) is 21.8. The monoisotopic (exact) mass is 496 g/mol. The molecule has 0 saturated carbocycles. The molecule has 4 aromatic rings. The molecule has 4 aromatic carbocycles. The van der Waals surface area contributed by atoms with Gasteiger partial charge < -0.3 is 19.3 Å². The van der Waals surface area contributed by atoms with Gasteiger partial charge in [0.05, 0.1) is 0 Å². The van der Waals surface area contributed by atoms with E-state index in [-0.39, 0.29) is 5.75 Å². The number of hydrogen-bond acceptors (Lipinski definition) is 4. The Morgan fingerprint density at radius 1 is 0.541 bits per heavy atom. The van der Waals surface area contributed by atoms with Gasteiger partial charge >= 0.3 is 0 Å². The van der Waals surface area contributed by atoms with E-state index in [1.807, 2.05) is 91.0 Å². The van der Waals surface area contributed by atoms with Gasteiger partial charge in [-0.15, -0.1) is 0 Å². The van der Waals surface area contributed by atoms with Crippen molar-refractivity contribution in [3.8, 4) is 40.2 Å². The van der Waals surface area contributed by atoms with Crippen LogP contribution in [0.25, 0.3) is 0 Å². The highest BCUT2D eigenvalue weighted by Gasteiger charge is 2.19. The molecular formula is C33H36O4. The molecule has 0 radical (unpaired) electrons. The third kappa shape index (κ3) is 7.29. The Morgan fingerprint density at radius 2 is 1.16 bits per heavy atom. The SMILES string of the molecule is CCCCCc1ccc(Oc2ccccc2)c(Oc2cc(Oc3ccccc3)ccc2CCCC)c1O. The number of ether oxygens (including phenoxy) is 3. The van der Waals surface area contributed by atoms with Crippen LogP contribution in [0, 0.1) is 0 Å². The summed E-state index contributed by atoms with van der Waals surface area (Å²) in [6.07, 6.45) is 6.98. The highest BCUT2D eigenvalue weighted by atomic mass is 16.5. The zero-order chi connectivity index (χ0) is 25.9. The third-order valence-corrected chi connectivity index (χ3v) is 6.23. The van der Waals surface area contributed by atoms with E-state index in [1.165, 1.54) is 0 Å². The number of rotatable bonds is 13. The summed E-state index contributed by atoms with van der Waals surface area (Å²) in [7, 11) is 0. The molecule has 4 rings (SSSR count). The first-order chi connectivity index (χ1) is 18.2. The minimum Gasteiger partial charge on any atom is -0.504 e. The van der Waals surface area contributed by atoms with E-state index in [4.69, 9.17) is 14.2 Å². The largest absolute Gasteiger partial charge is 0.504 e. The van der Waals surface area contributed by atoms with Crippen LogP contribution in [0.3, 0.4) is 0 Å². The summed E-state index contributed by atoms with van der Waals surface area (Å²) < 4.78 is 18.8. The van der Waals surface area contributed by atoms with Crippen molar-refractivity contribution in [2.24, 2.45) is 0 Å². The van der Waals surface area contributed by atoms with E-state index in [1.54, 1.807) is 0 Å². The van der Waals surface area contributed by atoms with E-state index in [0.717, 1.165) is 61.8 Å². The van der Waals surface area contributed by atoms with E-state index in [2.05, 4.69) is 13.8 Å². The maximum atomic E-state index is 11.3. The first-order valence-corrected chi connectivity index (χ1v) is 13.3. The fourth-order valence-electron chi connectivity index (χ4n) is 4.16. The number of phenols is 1. The molecule has 0 aliphatic rings. The van der Waals surface area contributed by atoms with Gasteiger partial charge in [0.25, 0.3) is 0 Å². The number of para-hydroxylation sites is 2. The zero-order valence-corrected chi connectivity index (χ0v) is 21.8. The van der Waals surface area contributed by atoms with E-state index >= 15 is 0 Å². The topological polar surface area (TPSA) is 47.9 Å². The smallest absolute Gasteiger partial charge is 0.211 e. The summed E-state index contributed by atoms with van der Waals surface area (Å²) in [5.74, 6) is 3.68. The van der Waals surface area contributed by atoms with Gasteiger partial charge in [-0.1, -0.05) is 81.6 Å². The molecule has 0 aromatic heterocycles. The molecule has 0 aliphatic carbocycles.